The van der Waals surface area contributed by atoms with Gasteiger partial charge in [-0.2, -0.15) is 0 Å². The Morgan fingerprint density at radius 2 is 1.86 bits per heavy atom. The van der Waals surface area contributed by atoms with E-state index < -0.39 is 24.5 Å². The normalized spacial score (nSPS) is 22.1. The zero-order valence-electron chi connectivity index (χ0n) is 22.0. The Morgan fingerprint density at radius 1 is 1.14 bits per heavy atom. The van der Waals surface area contributed by atoms with E-state index in [1.807, 2.05) is 36.2 Å². The fraction of sp³-hybridized carbons (Fsp3) is 0.519. The quantitative estimate of drug-likeness (QED) is 0.322. The fourth-order valence-corrected chi connectivity index (χ4v) is 4.59. The highest BCUT2D eigenvalue weighted by Crippen LogP contribution is 2.32. The molecule has 0 radical (unpaired) electrons. The lowest BCUT2D eigenvalue weighted by atomic mass is 9.87. The smallest absolute Gasteiger partial charge is 0.224 e. The lowest BCUT2D eigenvalue weighted by molar-refractivity contribution is -0.116. The molecule has 5 N–H and O–H groups in total. The maximum absolute atomic E-state index is 12.3. The molecule has 0 aliphatic carbocycles. The lowest BCUT2D eigenvalue weighted by Gasteiger charge is -2.22. The Kier molecular flexibility index (Phi) is 8.13. The molecule has 1 aromatic carbocycles. The maximum atomic E-state index is 12.3. The number of amides is 1. The van der Waals surface area contributed by atoms with Crippen LogP contribution in [0.15, 0.2) is 42.9 Å². The average Bonchev–Trinajstić information content (AvgIpc) is 3.39. The summed E-state index contributed by atoms with van der Waals surface area (Å²) in [4.78, 5) is 22.9. The van der Waals surface area contributed by atoms with Gasteiger partial charge in [-0.15, -0.1) is 0 Å². The van der Waals surface area contributed by atoms with Crippen molar-refractivity contribution in [1.29, 1.82) is 0 Å². The number of nitrogens with zero attached hydrogens (tertiary/aromatic N) is 4. The summed E-state index contributed by atoms with van der Waals surface area (Å²) >= 11 is 0. The number of nitrogen functional groups attached to an aromatic ring is 1. The van der Waals surface area contributed by atoms with Gasteiger partial charge >= 0.3 is 0 Å². The largest absolute Gasteiger partial charge is 0.397 e. The molecule has 200 valence electrons. The fourth-order valence-electron chi connectivity index (χ4n) is 4.59. The number of hydrogen-bond donors (Lipinski definition) is 4. The van der Waals surface area contributed by atoms with Gasteiger partial charge in [-0.25, -0.2) is 9.97 Å². The third kappa shape index (κ3) is 6.27. The van der Waals surface area contributed by atoms with Crippen LogP contribution in [0.2, 0.25) is 0 Å². The predicted octanol–water partition coefficient (Wildman–Crippen LogP) is 2.67. The SMILES string of the molecule is CN(CCCCC(=O)Nc1ccc(C(C)(C)C)cc1)C[C@H]1O[C@@H](n2cnc3c(N)ccnc32)C(O)C1O. The van der Waals surface area contributed by atoms with Crippen molar-refractivity contribution in [2.24, 2.45) is 0 Å². The number of likely N-dealkylation sites (N-methyl/N-ethyl adjacent to an activating group) is 1. The predicted molar refractivity (Wildman–Crippen MR) is 143 cm³/mol. The van der Waals surface area contributed by atoms with Gasteiger partial charge in [0.15, 0.2) is 11.9 Å². The van der Waals surface area contributed by atoms with Gasteiger partial charge in [-0.1, -0.05) is 32.9 Å². The molecule has 4 rings (SSSR count). The first-order valence-electron chi connectivity index (χ1n) is 12.7. The molecule has 3 heterocycles. The van der Waals surface area contributed by atoms with Crippen molar-refractivity contribution in [3.63, 3.8) is 0 Å². The van der Waals surface area contributed by atoms with Crippen molar-refractivity contribution in [2.45, 2.75) is 70.0 Å². The van der Waals surface area contributed by atoms with Gasteiger partial charge in [0.1, 0.15) is 23.8 Å². The molecule has 1 aliphatic rings. The van der Waals surface area contributed by atoms with Gasteiger partial charge in [0.05, 0.1) is 12.0 Å². The Labute approximate surface area is 217 Å². The molecule has 0 bridgehead atoms. The van der Waals surface area contributed by atoms with E-state index in [1.54, 1.807) is 16.8 Å². The van der Waals surface area contributed by atoms with Crippen LogP contribution in [-0.2, 0) is 14.9 Å². The van der Waals surface area contributed by atoms with Crippen molar-refractivity contribution in [3.05, 3.63) is 48.4 Å². The highest BCUT2D eigenvalue weighted by Gasteiger charge is 2.44. The number of hydrogen-bond acceptors (Lipinski definition) is 8. The molecular weight excluding hydrogens is 472 g/mol. The van der Waals surface area contributed by atoms with Gasteiger partial charge in [-0.3, -0.25) is 9.36 Å². The summed E-state index contributed by atoms with van der Waals surface area (Å²) in [5.41, 5.74) is 9.57. The average molecular weight is 511 g/mol. The van der Waals surface area contributed by atoms with Crippen molar-refractivity contribution < 1.29 is 19.7 Å². The van der Waals surface area contributed by atoms with Crippen LogP contribution in [0.25, 0.3) is 11.2 Å². The lowest BCUT2D eigenvalue weighted by Crippen LogP contribution is -2.38. The van der Waals surface area contributed by atoms with E-state index in [0.29, 0.717) is 29.8 Å². The second-order valence-corrected chi connectivity index (χ2v) is 10.9. The molecule has 1 amide bonds. The number of imidazole rings is 1. The van der Waals surface area contributed by atoms with Crippen LogP contribution in [0.4, 0.5) is 11.4 Å². The number of benzene rings is 1. The summed E-state index contributed by atoms with van der Waals surface area (Å²) in [6, 6.07) is 9.64. The first-order valence-corrected chi connectivity index (χ1v) is 12.7. The van der Waals surface area contributed by atoms with E-state index in [0.717, 1.165) is 25.1 Å². The molecule has 1 aliphatic heterocycles. The number of pyridine rings is 1. The van der Waals surface area contributed by atoms with Crippen LogP contribution in [-0.4, -0.2) is 74.0 Å². The van der Waals surface area contributed by atoms with Crippen LogP contribution in [0.3, 0.4) is 0 Å². The molecule has 10 heteroatoms. The summed E-state index contributed by atoms with van der Waals surface area (Å²) in [5, 5.41) is 24.2. The number of nitrogens with one attached hydrogen (secondary N) is 1. The number of anilines is 2. The van der Waals surface area contributed by atoms with Crippen LogP contribution in [0.1, 0.15) is 51.8 Å². The van der Waals surface area contributed by atoms with Crippen molar-refractivity contribution >= 4 is 28.4 Å². The minimum Gasteiger partial charge on any atom is -0.397 e. The molecular formula is C27H38N6O4. The summed E-state index contributed by atoms with van der Waals surface area (Å²) in [6.07, 6.45) is 1.51. The minimum absolute atomic E-state index is 0.00604. The number of rotatable bonds is 9. The van der Waals surface area contributed by atoms with Crippen molar-refractivity contribution in [3.8, 4) is 0 Å². The van der Waals surface area contributed by atoms with E-state index in [4.69, 9.17) is 10.5 Å². The molecule has 10 nitrogen and oxygen atoms in total. The maximum Gasteiger partial charge on any atom is 0.224 e. The topological polar surface area (TPSA) is 139 Å². The van der Waals surface area contributed by atoms with Crippen molar-refractivity contribution in [1.82, 2.24) is 19.4 Å². The number of carbonyl (C=O) groups excluding carboxylic acids is 1. The van der Waals surface area contributed by atoms with Crippen LogP contribution < -0.4 is 11.1 Å². The molecule has 1 saturated heterocycles. The number of fused-ring (bicyclic) bond motifs is 1. The number of aromatic nitrogens is 3. The molecule has 4 atom stereocenters. The third-order valence-corrected chi connectivity index (χ3v) is 6.82. The van der Waals surface area contributed by atoms with Gasteiger partial charge in [0, 0.05) is 24.8 Å². The van der Waals surface area contributed by atoms with Crippen molar-refractivity contribution in [2.75, 3.05) is 31.2 Å². The van der Waals surface area contributed by atoms with E-state index in [1.165, 1.54) is 11.9 Å². The molecule has 0 saturated carbocycles. The van der Waals surface area contributed by atoms with Crippen LogP contribution in [0.5, 0.6) is 0 Å². The van der Waals surface area contributed by atoms with Gasteiger partial charge < -0.3 is 30.9 Å². The monoisotopic (exact) mass is 510 g/mol. The molecule has 2 aromatic heterocycles. The number of carbonyl (C=O) groups is 1. The molecule has 1 fully saturated rings. The number of aliphatic hydroxyl groups is 2. The highest BCUT2D eigenvalue weighted by molar-refractivity contribution is 5.90. The van der Waals surface area contributed by atoms with Gasteiger partial charge in [-0.05, 0) is 55.6 Å². The summed E-state index contributed by atoms with van der Waals surface area (Å²) in [7, 11) is 1.93. The Bertz CT molecular complexity index is 1210. The first kappa shape index (κ1) is 27.0. The highest BCUT2D eigenvalue weighted by atomic mass is 16.6. The van der Waals surface area contributed by atoms with E-state index >= 15 is 0 Å². The minimum atomic E-state index is -1.12. The standard InChI is InChI=1S/C27H38N6O4/c1-27(2,3)17-8-10-18(11-9-17)31-21(34)7-5-6-14-32(4)15-20-23(35)24(36)26(37-20)33-16-30-22-19(28)12-13-29-25(22)33/h8-13,16,20,23-24,26,35-36H,5-7,14-15H2,1-4H3,(H2,28,29)(H,31,34)/t20-,23?,24?,26-/m1/s1. The number of nitrogens with two attached hydrogens (primary N) is 1. The van der Waals surface area contributed by atoms with E-state index in [9.17, 15) is 15.0 Å². The Morgan fingerprint density at radius 3 is 2.57 bits per heavy atom. The Hall–Kier alpha value is -3.05. The van der Waals surface area contributed by atoms with Gasteiger partial charge in [0.25, 0.3) is 0 Å². The number of ether oxygens (including phenoxy) is 1. The zero-order chi connectivity index (χ0) is 26.7. The molecule has 0 spiro atoms. The summed E-state index contributed by atoms with van der Waals surface area (Å²) < 4.78 is 7.63. The van der Waals surface area contributed by atoms with Crippen LogP contribution in [0, 0.1) is 0 Å². The van der Waals surface area contributed by atoms with E-state index in [2.05, 4.69) is 36.1 Å². The number of aliphatic hydroxyl groups excluding tert-OH is 2. The molecule has 3 aromatic rings. The zero-order valence-corrected chi connectivity index (χ0v) is 22.0. The van der Waals surface area contributed by atoms with Crippen LogP contribution >= 0.6 is 0 Å². The first-order chi connectivity index (χ1) is 17.5. The second-order valence-electron chi connectivity index (χ2n) is 10.9. The Balaban J connectivity index is 1.21. The third-order valence-electron chi connectivity index (χ3n) is 6.82. The molecule has 2 unspecified atom stereocenters. The molecule has 37 heavy (non-hydrogen) atoms. The summed E-state index contributed by atoms with van der Waals surface area (Å²) in [5.74, 6) is -0.00604. The second kappa shape index (κ2) is 11.1. The summed E-state index contributed by atoms with van der Waals surface area (Å²) in [6.45, 7) is 7.64. The van der Waals surface area contributed by atoms with E-state index in [-0.39, 0.29) is 11.3 Å². The number of unbranched alkanes of at least 4 members (excludes halogenated alkanes) is 1. The van der Waals surface area contributed by atoms with Gasteiger partial charge in [0.2, 0.25) is 5.91 Å².